The lowest BCUT2D eigenvalue weighted by atomic mass is 9.93. The molecule has 2 aliphatic heterocycles. The standard InChI is InChI=1S/C24H25N3O2/c1-23(2)19(16-11-7-5-8-12-16)26-21(28-23)18(15-25)22-27-20(24(3,4)29-22)17-13-9-6-10-14-17/h5-14,19-20,26H,1-4H3/t19-,20-/m0/s1. The molecule has 2 atom stereocenters. The van der Waals surface area contributed by atoms with E-state index in [1.54, 1.807) is 0 Å². The molecule has 4 rings (SSSR count). The van der Waals surface area contributed by atoms with Crippen LogP contribution in [0.4, 0.5) is 0 Å². The van der Waals surface area contributed by atoms with Gasteiger partial charge in [-0.2, -0.15) is 5.26 Å². The van der Waals surface area contributed by atoms with Crippen molar-refractivity contribution in [2.75, 3.05) is 0 Å². The Morgan fingerprint density at radius 1 is 0.897 bits per heavy atom. The molecule has 148 valence electrons. The summed E-state index contributed by atoms with van der Waals surface area (Å²) >= 11 is 0. The Balaban J connectivity index is 1.71. The monoisotopic (exact) mass is 387 g/mol. The molecule has 29 heavy (non-hydrogen) atoms. The van der Waals surface area contributed by atoms with Crippen LogP contribution in [0.5, 0.6) is 0 Å². The van der Waals surface area contributed by atoms with E-state index >= 15 is 0 Å². The second-order valence-corrected chi connectivity index (χ2v) is 8.46. The molecule has 1 saturated heterocycles. The Hall–Kier alpha value is -3.26. The number of ether oxygens (including phenoxy) is 2. The van der Waals surface area contributed by atoms with E-state index in [1.165, 1.54) is 0 Å². The lowest BCUT2D eigenvalue weighted by Crippen LogP contribution is -2.30. The zero-order valence-electron chi connectivity index (χ0n) is 17.1. The molecular formula is C24H25N3O2. The van der Waals surface area contributed by atoms with Crippen molar-refractivity contribution < 1.29 is 9.47 Å². The summed E-state index contributed by atoms with van der Waals surface area (Å²) in [5, 5.41) is 13.3. The zero-order valence-corrected chi connectivity index (χ0v) is 17.1. The molecule has 5 nitrogen and oxygen atoms in total. The van der Waals surface area contributed by atoms with E-state index in [9.17, 15) is 5.26 Å². The summed E-state index contributed by atoms with van der Waals surface area (Å²) in [4.78, 5) is 4.77. The molecule has 1 fully saturated rings. The van der Waals surface area contributed by atoms with Crippen LogP contribution in [-0.2, 0) is 9.47 Å². The molecule has 0 bridgehead atoms. The summed E-state index contributed by atoms with van der Waals surface area (Å²) < 4.78 is 12.3. The fraction of sp³-hybridized carbons (Fsp3) is 0.333. The highest BCUT2D eigenvalue weighted by atomic mass is 16.5. The van der Waals surface area contributed by atoms with Gasteiger partial charge < -0.3 is 14.8 Å². The Morgan fingerprint density at radius 2 is 1.48 bits per heavy atom. The first-order chi connectivity index (χ1) is 13.8. The van der Waals surface area contributed by atoms with Crippen LogP contribution in [0, 0.1) is 11.3 Å². The van der Waals surface area contributed by atoms with E-state index in [0.29, 0.717) is 17.4 Å². The first kappa shape index (κ1) is 19.1. The molecular weight excluding hydrogens is 362 g/mol. The number of benzene rings is 2. The Bertz CT molecular complexity index is 1000. The maximum Gasteiger partial charge on any atom is 0.233 e. The third kappa shape index (κ3) is 3.47. The minimum Gasteiger partial charge on any atom is -0.470 e. The molecule has 2 heterocycles. The molecule has 0 radical (unpaired) electrons. The molecule has 2 aliphatic rings. The number of nitriles is 1. The van der Waals surface area contributed by atoms with E-state index in [2.05, 4.69) is 23.5 Å². The minimum atomic E-state index is -0.563. The Morgan fingerprint density at radius 3 is 2.07 bits per heavy atom. The van der Waals surface area contributed by atoms with Gasteiger partial charge in [-0.1, -0.05) is 60.7 Å². The van der Waals surface area contributed by atoms with Gasteiger partial charge in [0.2, 0.25) is 11.8 Å². The topological polar surface area (TPSA) is 66.6 Å². The molecule has 5 heteroatoms. The average molecular weight is 387 g/mol. The summed E-state index contributed by atoms with van der Waals surface area (Å²) in [5.41, 5.74) is 1.36. The number of hydrogen-bond acceptors (Lipinski definition) is 5. The van der Waals surface area contributed by atoms with Crippen molar-refractivity contribution in [2.45, 2.75) is 51.0 Å². The fourth-order valence-corrected chi connectivity index (χ4v) is 3.94. The normalized spacial score (nSPS) is 25.8. The van der Waals surface area contributed by atoms with E-state index < -0.39 is 11.2 Å². The molecule has 2 aromatic rings. The van der Waals surface area contributed by atoms with Crippen LogP contribution in [0.25, 0.3) is 0 Å². The van der Waals surface area contributed by atoms with Gasteiger partial charge in [0.05, 0.1) is 6.04 Å². The van der Waals surface area contributed by atoms with Gasteiger partial charge in [-0.3, -0.25) is 0 Å². The number of nitrogens with zero attached hydrogens (tertiary/aromatic N) is 2. The molecule has 1 N–H and O–H groups in total. The Kier molecular flexibility index (Phi) is 4.58. The summed E-state index contributed by atoms with van der Waals surface area (Å²) in [7, 11) is 0. The van der Waals surface area contributed by atoms with E-state index in [-0.39, 0.29) is 12.1 Å². The first-order valence-electron chi connectivity index (χ1n) is 9.79. The maximum absolute atomic E-state index is 9.91. The van der Waals surface area contributed by atoms with Crippen LogP contribution < -0.4 is 5.32 Å². The smallest absolute Gasteiger partial charge is 0.233 e. The predicted molar refractivity (Wildman–Crippen MR) is 112 cm³/mol. The summed E-state index contributed by atoms with van der Waals surface area (Å²) in [6, 6.07) is 22.0. The van der Waals surface area contributed by atoms with Gasteiger partial charge in [0, 0.05) is 0 Å². The van der Waals surface area contributed by atoms with Gasteiger partial charge >= 0.3 is 0 Å². The van der Waals surface area contributed by atoms with Crippen molar-refractivity contribution in [1.82, 2.24) is 5.32 Å². The van der Waals surface area contributed by atoms with Gasteiger partial charge in [-0.15, -0.1) is 0 Å². The van der Waals surface area contributed by atoms with Crippen molar-refractivity contribution in [1.29, 1.82) is 5.26 Å². The van der Waals surface area contributed by atoms with Gasteiger partial charge in [0.1, 0.15) is 23.3 Å². The van der Waals surface area contributed by atoms with E-state index in [1.807, 2.05) is 76.2 Å². The summed E-state index contributed by atoms with van der Waals surface area (Å²) in [5.74, 6) is 0.730. The summed E-state index contributed by atoms with van der Waals surface area (Å²) in [6.07, 6.45) is 0. The molecule has 0 amide bonds. The third-order valence-corrected chi connectivity index (χ3v) is 5.40. The lowest BCUT2D eigenvalue weighted by Gasteiger charge is -2.25. The number of aliphatic imine (C=N–C) groups is 1. The van der Waals surface area contributed by atoms with E-state index in [4.69, 9.17) is 14.5 Å². The first-order valence-corrected chi connectivity index (χ1v) is 9.79. The lowest BCUT2D eigenvalue weighted by molar-refractivity contribution is 0.0620. The van der Waals surface area contributed by atoms with Crippen molar-refractivity contribution in [2.24, 2.45) is 4.99 Å². The van der Waals surface area contributed by atoms with Crippen LogP contribution in [0.15, 0.2) is 77.1 Å². The molecule has 0 aliphatic carbocycles. The number of rotatable bonds is 3. The van der Waals surface area contributed by atoms with E-state index in [0.717, 1.165) is 11.1 Å². The second-order valence-electron chi connectivity index (χ2n) is 8.46. The minimum absolute atomic E-state index is 0.0815. The Labute approximate surface area is 171 Å². The maximum atomic E-state index is 9.91. The quantitative estimate of drug-likeness (QED) is 0.768. The van der Waals surface area contributed by atoms with Gasteiger partial charge in [0.25, 0.3) is 0 Å². The summed E-state index contributed by atoms with van der Waals surface area (Å²) in [6.45, 7) is 7.99. The van der Waals surface area contributed by atoms with Crippen molar-refractivity contribution >= 4 is 5.90 Å². The molecule has 0 saturated carbocycles. The third-order valence-electron chi connectivity index (χ3n) is 5.40. The highest BCUT2D eigenvalue weighted by molar-refractivity contribution is 5.99. The van der Waals surface area contributed by atoms with Gasteiger partial charge in [-0.05, 0) is 38.8 Å². The molecule has 0 spiro atoms. The SMILES string of the molecule is CC1(C)OC(C(C#N)=C2N[C@@H](c3ccccc3)C(C)(C)O2)=N[C@H]1c1ccccc1. The van der Waals surface area contributed by atoms with Crippen LogP contribution in [0.2, 0.25) is 0 Å². The predicted octanol–water partition coefficient (Wildman–Crippen LogP) is 4.81. The number of hydrogen-bond donors (Lipinski definition) is 1. The number of nitrogens with one attached hydrogen (secondary N) is 1. The van der Waals surface area contributed by atoms with Crippen molar-refractivity contribution in [3.63, 3.8) is 0 Å². The van der Waals surface area contributed by atoms with Crippen molar-refractivity contribution in [3.8, 4) is 6.07 Å². The van der Waals surface area contributed by atoms with Crippen LogP contribution in [0.3, 0.4) is 0 Å². The largest absolute Gasteiger partial charge is 0.470 e. The van der Waals surface area contributed by atoms with Crippen LogP contribution in [0.1, 0.15) is 50.9 Å². The zero-order chi connectivity index (χ0) is 20.6. The average Bonchev–Trinajstić information content (AvgIpc) is 3.19. The molecule has 0 aromatic heterocycles. The highest BCUT2D eigenvalue weighted by Gasteiger charge is 2.45. The highest BCUT2D eigenvalue weighted by Crippen LogP contribution is 2.42. The van der Waals surface area contributed by atoms with Gasteiger partial charge in [-0.25, -0.2) is 4.99 Å². The molecule has 0 unspecified atom stereocenters. The van der Waals surface area contributed by atoms with Gasteiger partial charge in [0.15, 0.2) is 5.57 Å². The second kappa shape index (κ2) is 6.97. The molecule has 2 aromatic carbocycles. The van der Waals surface area contributed by atoms with Crippen molar-refractivity contribution in [3.05, 3.63) is 83.2 Å². The van der Waals surface area contributed by atoms with Crippen LogP contribution in [-0.4, -0.2) is 17.1 Å². The fourth-order valence-electron chi connectivity index (χ4n) is 3.94. The van der Waals surface area contributed by atoms with Crippen LogP contribution >= 0.6 is 0 Å².